The maximum Gasteiger partial charge on any atom is 0.472 e. The number of aliphatic hydroxyl groups is 5. The molecule has 1 fully saturated rings. The van der Waals surface area contributed by atoms with E-state index in [1.807, 2.05) is 0 Å². The minimum atomic E-state index is -5.02. The lowest BCUT2D eigenvalue weighted by atomic mass is 9.85. The van der Waals surface area contributed by atoms with E-state index < -0.39 is 63.1 Å². The van der Waals surface area contributed by atoms with E-state index in [0.29, 0.717) is 13.0 Å². The largest absolute Gasteiger partial charge is 0.472 e. The summed E-state index contributed by atoms with van der Waals surface area (Å²) in [5, 5.41) is 50.1. The first kappa shape index (κ1) is 53.3. The minimum absolute atomic E-state index is 0.0863. The first-order chi connectivity index (χ1) is 27.5. The van der Waals surface area contributed by atoms with E-state index in [-0.39, 0.29) is 13.0 Å². The van der Waals surface area contributed by atoms with Crippen LogP contribution in [0.2, 0.25) is 0 Å². The number of phosphoric acid groups is 1. The molecule has 6 atom stereocenters. The van der Waals surface area contributed by atoms with Gasteiger partial charge < -0.3 is 39.9 Å². The average Bonchev–Trinajstić information content (AvgIpc) is 3.19. The second-order valence-electron chi connectivity index (χ2n) is 15.2. The third-order valence-corrected chi connectivity index (χ3v) is 10.9. The van der Waals surface area contributed by atoms with Crippen LogP contribution >= 0.6 is 7.82 Å². The van der Waals surface area contributed by atoms with Crippen molar-refractivity contribution in [1.82, 2.24) is 0 Å². The van der Waals surface area contributed by atoms with Crippen molar-refractivity contribution in [2.75, 3.05) is 19.8 Å². The summed E-state index contributed by atoms with van der Waals surface area (Å²) >= 11 is 0. The van der Waals surface area contributed by atoms with Gasteiger partial charge in [-0.15, -0.1) is 0 Å². The third kappa shape index (κ3) is 27.6. The summed E-state index contributed by atoms with van der Waals surface area (Å²) in [6.07, 6.45) is 29.0. The summed E-state index contributed by atoms with van der Waals surface area (Å²) in [6, 6.07) is 0. The fourth-order valence-corrected chi connectivity index (χ4v) is 7.39. The smallest absolute Gasteiger partial charge is 0.457 e. The van der Waals surface area contributed by atoms with Crippen LogP contribution in [0.4, 0.5) is 0 Å². The molecule has 12 nitrogen and oxygen atoms in total. The summed E-state index contributed by atoms with van der Waals surface area (Å²) < 4.78 is 34.1. The van der Waals surface area contributed by atoms with Gasteiger partial charge in [0, 0.05) is 13.0 Å². The molecule has 1 aliphatic rings. The van der Waals surface area contributed by atoms with Crippen LogP contribution < -0.4 is 0 Å². The average molecular weight is 831 g/mol. The van der Waals surface area contributed by atoms with Crippen molar-refractivity contribution >= 4 is 13.8 Å². The van der Waals surface area contributed by atoms with E-state index in [1.165, 1.54) is 44.9 Å². The summed E-state index contributed by atoms with van der Waals surface area (Å²) in [7, 11) is -5.02. The summed E-state index contributed by atoms with van der Waals surface area (Å²) in [5.41, 5.74) is 0. The van der Waals surface area contributed by atoms with E-state index in [9.17, 15) is 39.8 Å². The van der Waals surface area contributed by atoms with Crippen molar-refractivity contribution in [3.63, 3.8) is 0 Å². The van der Waals surface area contributed by atoms with Gasteiger partial charge in [0.05, 0.1) is 13.2 Å². The van der Waals surface area contributed by atoms with Crippen LogP contribution in [0.25, 0.3) is 0 Å². The number of ether oxygens (including phenoxy) is 2. The van der Waals surface area contributed by atoms with E-state index in [2.05, 4.69) is 62.5 Å². The number of unbranched alkanes of at least 4 members (excludes halogenated alkanes) is 16. The Kier molecular flexibility index (Phi) is 32.8. The molecule has 0 aliphatic heterocycles. The van der Waals surface area contributed by atoms with Crippen LogP contribution in [0.1, 0.15) is 162 Å². The Morgan fingerprint density at radius 2 is 1.04 bits per heavy atom. The van der Waals surface area contributed by atoms with Gasteiger partial charge >= 0.3 is 13.8 Å². The summed E-state index contributed by atoms with van der Waals surface area (Å²) in [6.45, 7) is 4.08. The lowest BCUT2D eigenvalue weighted by Crippen LogP contribution is -2.64. The normalized spacial score (nSPS) is 23.3. The number of carbonyl (C=O) groups is 1. The van der Waals surface area contributed by atoms with Gasteiger partial charge in [-0.05, 0) is 70.6 Å². The van der Waals surface area contributed by atoms with E-state index in [0.717, 1.165) is 89.9 Å². The Morgan fingerprint density at radius 1 is 0.579 bits per heavy atom. The van der Waals surface area contributed by atoms with Gasteiger partial charge in [-0.1, -0.05) is 133 Å². The van der Waals surface area contributed by atoms with E-state index in [4.69, 9.17) is 18.5 Å². The van der Waals surface area contributed by atoms with Crippen molar-refractivity contribution in [2.24, 2.45) is 0 Å². The Morgan fingerprint density at radius 3 is 1.60 bits per heavy atom. The Bertz CT molecular complexity index is 1130. The van der Waals surface area contributed by atoms with Crippen LogP contribution in [-0.4, -0.2) is 98.9 Å². The fourth-order valence-electron chi connectivity index (χ4n) is 6.42. The molecule has 0 aromatic carbocycles. The quantitative estimate of drug-likeness (QED) is 0.0153. The molecule has 0 saturated heterocycles. The van der Waals surface area contributed by atoms with E-state index in [1.54, 1.807) is 0 Å². The van der Waals surface area contributed by atoms with Crippen LogP contribution in [0.5, 0.6) is 0 Å². The molecular formula is C44H79O12P. The predicted molar refractivity (Wildman–Crippen MR) is 225 cm³/mol. The fraction of sp³-hybridized carbons (Fsp3) is 0.795. The molecule has 0 radical (unpaired) electrons. The highest BCUT2D eigenvalue weighted by Gasteiger charge is 2.51. The Labute approximate surface area is 344 Å². The third-order valence-electron chi connectivity index (χ3n) is 9.94. The minimum Gasteiger partial charge on any atom is -0.457 e. The highest BCUT2D eigenvalue weighted by molar-refractivity contribution is 7.47. The number of carbonyl (C=O) groups excluding carboxylic acids is 1. The first-order valence-corrected chi connectivity index (χ1v) is 23.5. The maximum absolute atomic E-state index is 12.8. The molecule has 1 aliphatic carbocycles. The topological polar surface area (TPSA) is 192 Å². The molecule has 0 spiro atoms. The second-order valence-corrected chi connectivity index (χ2v) is 16.6. The maximum atomic E-state index is 12.8. The second kappa shape index (κ2) is 35.1. The monoisotopic (exact) mass is 831 g/mol. The summed E-state index contributed by atoms with van der Waals surface area (Å²) in [5.74, 6) is -0.492. The number of rotatable bonds is 36. The molecule has 57 heavy (non-hydrogen) atoms. The highest BCUT2D eigenvalue weighted by atomic mass is 31.2. The van der Waals surface area contributed by atoms with Crippen molar-refractivity contribution in [1.29, 1.82) is 0 Å². The van der Waals surface area contributed by atoms with Crippen LogP contribution in [0.15, 0.2) is 48.6 Å². The number of hydrogen-bond donors (Lipinski definition) is 6. The standard InChI is InChI=1S/C44H79O12P/c1-3-5-7-9-11-13-15-17-18-19-20-21-22-24-26-28-30-32-34-53-35-37(55-38(45)33-31-29-27-25-23-16-14-12-10-8-6-4-2)36-54-57(51,52)56-44-42(49)40(47)39(46)41(48)43(44)50/h5,7,11-14,17-18,37,39-44,46-50H,3-4,6,8-10,15-16,19-36H2,1-2H3,(H,51,52)/b7-5-,13-11-,14-12-,18-17-. The van der Waals surface area contributed by atoms with Crippen LogP contribution in [-0.2, 0) is 27.9 Å². The molecule has 6 unspecified atom stereocenters. The molecule has 0 aromatic heterocycles. The lowest BCUT2D eigenvalue weighted by Gasteiger charge is -2.41. The highest BCUT2D eigenvalue weighted by Crippen LogP contribution is 2.47. The summed E-state index contributed by atoms with van der Waals surface area (Å²) in [4.78, 5) is 23.1. The van der Waals surface area contributed by atoms with E-state index >= 15 is 0 Å². The van der Waals surface area contributed by atoms with Crippen LogP contribution in [0.3, 0.4) is 0 Å². The van der Waals surface area contributed by atoms with Gasteiger partial charge in [-0.3, -0.25) is 13.8 Å². The SMILES string of the molecule is CC/C=C\C/C=C\C/C=C\CCCCCCCCCCOCC(COP(=O)(O)OC1C(O)C(O)C(O)C(O)C1O)OC(=O)CCCCCCC/C=C\CCCCC. The zero-order valence-electron chi connectivity index (χ0n) is 35.1. The molecule has 1 rings (SSSR count). The number of allylic oxidation sites excluding steroid dienone is 8. The Balaban J connectivity index is 2.41. The van der Waals surface area contributed by atoms with Crippen molar-refractivity contribution in [3.05, 3.63) is 48.6 Å². The zero-order valence-corrected chi connectivity index (χ0v) is 36.0. The number of hydrogen-bond acceptors (Lipinski definition) is 11. The number of esters is 1. The molecule has 0 bridgehead atoms. The molecule has 0 amide bonds. The molecule has 1 saturated carbocycles. The molecular weight excluding hydrogens is 751 g/mol. The van der Waals surface area contributed by atoms with Gasteiger partial charge in [0.2, 0.25) is 0 Å². The molecule has 0 aromatic rings. The van der Waals surface area contributed by atoms with Crippen molar-refractivity contribution < 1.29 is 58.3 Å². The van der Waals surface area contributed by atoms with Crippen molar-refractivity contribution in [3.8, 4) is 0 Å². The van der Waals surface area contributed by atoms with Crippen LogP contribution in [0, 0.1) is 0 Å². The molecule has 13 heteroatoms. The van der Waals surface area contributed by atoms with Crippen molar-refractivity contribution in [2.45, 2.75) is 204 Å². The number of phosphoric ester groups is 1. The Hall–Kier alpha value is -1.70. The zero-order chi connectivity index (χ0) is 42.0. The van der Waals surface area contributed by atoms with Gasteiger partial charge in [0.1, 0.15) is 42.7 Å². The molecule has 332 valence electrons. The molecule has 0 heterocycles. The van der Waals surface area contributed by atoms with Gasteiger partial charge in [-0.25, -0.2) is 4.57 Å². The lowest BCUT2D eigenvalue weighted by molar-refractivity contribution is -0.220. The predicted octanol–water partition coefficient (Wildman–Crippen LogP) is 8.47. The number of aliphatic hydroxyl groups excluding tert-OH is 5. The van der Waals surface area contributed by atoms with Gasteiger partial charge in [0.15, 0.2) is 0 Å². The van der Waals surface area contributed by atoms with Gasteiger partial charge in [-0.2, -0.15) is 0 Å². The first-order valence-electron chi connectivity index (χ1n) is 22.0. The van der Waals surface area contributed by atoms with Gasteiger partial charge in [0.25, 0.3) is 0 Å². The molecule has 6 N–H and O–H groups in total.